The van der Waals surface area contributed by atoms with Crippen LogP contribution in [0.25, 0.3) is 0 Å². The van der Waals surface area contributed by atoms with Crippen molar-refractivity contribution in [2.45, 2.75) is 13.0 Å². The Morgan fingerprint density at radius 2 is 1.86 bits per heavy atom. The maximum atomic E-state index is 13.8. The van der Waals surface area contributed by atoms with Gasteiger partial charge in [0, 0.05) is 7.05 Å². The summed E-state index contributed by atoms with van der Waals surface area (Å²) in [6.07, 6.45) is 0. The van der Waals surface area contributed by atoms with Crippen molar-refractivity contribution in [3.05, 3.63) is 64.4 Å². The van der Waals surface area contributed by atoms with Crippen molar-refractivity contribution in [2.24, 2.45) is 0 Å². The lowest BCUT2D eigenvalue weighted by Gasteiger charge is -2.26. The molecule has 0 aliphatic rings. The van der Waals surface area contributed by atoms with Gasteiger partial charge in [0.25, 0.3) is 5.91 Å². The molecule has 0 heterocycles. The number of phenols is 1. The summed E-state index contributed by atoms with van der Waals surface area (Å²) in [4.78, 5) is 13.8. The largest absolute Gasteiger partial charge is 0.508 e. The van der Waals surface area contributed by atoms with Crippen molar-refractivity contribution in [3.8, 4) is 5.75 Å². The van der Waals surface area contributed by atoms with E-state index in [4.69, 9.17) is 11.6 Å². The average molecular weight is 308 g/mol. The number of carbonyl (C=O) groups is 1. The van der Waals surface area contributed by atoms with Crippen LogP contribution >= 0.6 is 11.6 Å². The molecule has 0 saturated carbocycles. The van der Waals surface area contributed by atoms with Gasteiger partial charge in [0.05, 0.1) is 16.6 Å². The van der Waals surface area contributed by atoms with Crippen LogP contribution in [-0.2, 0) is 0 Å². The van der Waals surface area contributed by atoms with Crippen molar-refractivity contribution in [1.29, 1.82) is 0 Å². The molecule has 110 valence electrons. The number of carbonyl (C=O) groups excluding carboxylic acids is 1. The van der Waals surface area contributed by atoms with Gasteiger partial charge in [0.15, 0.2) is 0 Å². The van der Waals surface area contributed by atoms with Gasteiger partial charge >= 0.3 is 0 Å². The second kappa shape index (κ2) is 6.14. The zero-order chi connectivity index (χ0) is 15.6. The van der Waals surface area contributed by atoms with Crippen molar-refractivity contribution < 1.29 is 14.3 Å². The number of hydrogen-bond acceptors (Lipinski definition) is 2. The molecule has 0 aliphatic carbocycles. The minimum Gasteiger partial charge on any atom is -0.508 e. The topological polar surface area (TPSA) is 40.5 Å². The van der Waals surface area contributed by atoms with Gasteiger partial charge < -0.3 is 10.0 Å². The number of nitrogens with zero attached hydrogens (tertiary/aromatic N) is 1. The second-order valence-electron chi connectivity index (χ2n) is 4.78. The third kappa shape index (κ3) is 3.16. The van der Waals surface area contributed by atoms with E-state index < -0.39 is 11.7 Å². The van der Waals surface area contributed by atoms with Crippen LogP contribution in [0.5, 0.6) is 5.75 Å². The number of amides is 1. The second-order valence-corrected chi connectivity index (χ2v) is 5.19. The van der Waals surface area contributed by atoms with E-state index in [9.17, 15) is 14.3 Å². The fraction of sp³-hybridized carbons (Fsp3) is 0.188. The van der Waals surface area contributed by atoms with Crippen LogP contribution in [0.2, 0.25) is 5.02 Å². The van der Waals surface area contributed by atoms with Crippen molar-refractivity contribution in [3.63, 3.8) is 0 Å². The third-order valence-electron chi connectivity index (χ3n) is 3.45. The minimum atomic E-state index is -0.641. The van der Waals surface area contributed by atoms with Crippen LogP contribution in [0.1, 0.15) is 28.9 Å². The first-order chi connectivity index (χ1) is 9.91. The molecule has 0 bridgehead atoms. The van der Waals surface area contributed by atoms with Gasteiger partial charge in [-0.15, -0.1) is 0 Å². The SMILES string of the molecule is CC(c1ccc(O)cc1)N(C)C(=O)c1c(F)cccc1Cl. The Labute approximate surface area is 127 Å². The third-order valence-corrected chi connectivity index (χ3v) is 3.77. The molecule has 2 rings (SSSR count). The molecule has 1 amide bonds. The summed E-state index contributed by atoms with van der Waals surface area (Å²) < 4.78 is 13.8. The van der Waals surface area contributed by atoms with E-state index in [1.54, 1.807) is 31.3 Å². The molecule has 2 aromatic rings. The van der Waals surface area contributed by atoms with Gasteiger partial charge in [-0.2, -0.15) is 0 Å². The fourth-order valence-corrected chi connectivity index (χ4v) is 2.27. The summed E-state index contributed by atoms with van der Waals surface area (Å²) in [5, 5.41) is 9.38. The summed E-state index contributed by atoms with van der Waals surface area (Å²) >= 11 is 5.92. The molecule has 1 N–H and O–H groups in total. The Morgan fingerprint density at radius 1 is 1.24 bits per heavy atom. The van der Waals surface area contributed by atoms with Crippen molar-refractivity contribution in [2.75, 3.05) is 7.05 Å². The number of rotatable bonds is 3. The van der Waals surface area contributed by atoms with Crippen LogP contribution in [0.4, 0.5) is 4.39 Å². The molecule has 21 heavy (non-hydrogen) atoms. The normalized spacial score (nSPS) is 12.0. The van der Waals surface area contributed by atoms with Gasteiger partial charge in [-0.05, 0) is 36.8 Å². The molecular formula is C16H15ClFNO2. The highest BCUT2D eigenvalue weighted by molar-refractivity contribution is 6.33. The molecule has 5 heteroatoms. The molecule has 0 aliphatic heterocycles. The molecule has 0 saturated heterocycles. The molecule has 0 aromatic heterocycles. The lowest BCUT2D eigenvalue weighted by atomic mass is 10.1. The van der Waals surface area contributed by atoms with E-state index in [1.165, 1.54) is 23.1 Å². The lowest BCUT2D eigenvalue weighted by Crippen LogP contribution is -2.30. The lowest BCUT2D eigenvalue weighted by molar-refractivity contribution is 0.0738. The van der Waals surface area contributed by atoms with Gasteiger partial charge in [-0.3, -0.25) is 4.79 Å². The van der Waals surface area contributed by atoms with Crippen LogP contribution in [0.3, 0.4) is 0 Å². The number of halogens is 2. The van der Waals surface area contributed by atoms with Crippen LogP contribution in [-0.4, -0.2) is 23.0 Å². The van der Waals surface area contributed by atoms with Crippen LogP contribution < -0.4 is 0 Å². The van der Waals surface area contributed by atoms with Crippen LogP contribution in [0.15, 0.2) is 42.5 Å². The summed E-state index contributed by atoms with van der Waals surface area (Å²) in [7, 11) is 1.59. The number of hydrogen-bond donors (Lipinski definition) is 1. The maximum Gasteiger partial charge on any atom is 0.258 e. The number of aromatic hydroxyl groups is 1. The Morgan fingerprint density at radius 3 is 2.43 bits per heavy atom. The zero-order valence-electron chi connectivity index (χ0n) is 11.7. The molecule has 0 radical (unpaired) electrons. The van der Waals surface area contributed by atoms with Gasteiger partial charge in [-0.1, -0.05) is 29.8 Å². The molecule has 1 unspecified atom stereocenters. The van der Waals surface area contributed by atoms with E-state index in [2.05, 4.69) is 0 Å². The first kappa shape index (κ1) is 15.3. The molecule has 2 aromatic carbocycles. The first-order valence-electron chi connectivity index (χ1n) is 6.42. The Hall–Kier alpha value is -2.07. The van der Waals surface area contributed by atoms with Crippen molar-refractivity contribution in [1.82, 2.24) is 4.90 Å². The predicted molar refractivity (Wildman–Crippen MR) is 80.0 cm³/mol. The molecular weight excluding hydrogens is 293 g/mol. The highest BCUT2D eigenvalue weighted by Crippen LogP contribution is 2.26. The Bertz CT molecular complexity index is 638. The first-order valence-corrected chi connectivity index (χ1v) is 6.79. The highest BCUT2D eigenvalue weighted by atomic mass is 35.5. The quantitative estimate of drug-likeness (QED) is 0.930. The standard InChI is InChI=1S/C16H15ClFNO2/c1-10(11-6-8-12(20)9-7-11)19(2)16(21)15-13(17)4-3-5-14(15)18/h3-10,20H,1-2H3. The number of phenolic OH excluding ortho intramolecular Hbond substituents is 1. The maximum absolute atomic E-state index is 13.8. The fourth-order valence-electron chi connectivity index (χ4n) is 2.03. The highest BCUT2D eigenvalue weighted by Gasteiger charge is 2.23. The monoisotopic (exact) mass is 307 g/mol. The molecule has 1 atom stereocenters. The van der Waals surface area contributed by atoms with E-state index in [-0.39, 0.29) is 22.4 Å². The van der Waals surface area contributed by atoms with Gasteiger partial charge in [0.2, 0.25) is 0 Å². The van der Waals surface area contributed by atoms with E-state index in [1.807, 2.05) is 6.92 Å². The van der Waals surface area contributed by atoms with Gasteiger partial charge in [-0.25, -0.2) is 4.39 Å². The summed E-state index contributed by atoms with van der Waals surface area (Å²) in [6.45, 7) is 1.82. The van der Waals surface area contributed by atoms with E-state index in [0.29, 0.717) is 0 Å². The summed E-state index contributed by atoms with van der Waals surface area (Å²) in [5.41, 5.74) is 0.698. The minimum absolute atomic E-state index is 0.0877. The summed E-state index contributed by atoms with van der Waals surface area (Å²) in [5.74, 6) is -0.979. The molecule has 0 spiro atoms. The van der Waals surface area contributed by atoms with Crippen LogP contribution in [0, 0.1) is 5.82 Å². The van der Waals surface area contributed by atoms with Crippen molar-refractivity contribution >= 4 is 17.5 Å². The molecule has 0 fully saturated rings. The van der Waals surface area contributed by atoms with E-state index in [0.717, 1.165) is 5.56 Å². The van der Waals surface area contributed by atoms with Gasteiger partial charge in [0.1, 0.15) is 11.6 Å². The Kier molecular flexibility index (Phi) is 4.48. The Balaban J connectivity index is 2.28. The predicted octanol–water partition coefficient (Wildman–Crippen LogP) is 4.02. The smallest absolute Gasteiger partial charge is 0.258 e. The average Bonchev–Trinajstić information content (AvgIpc) is 2.46. The summed E-state index contributed by atoms with van der Waals surface area (Å²) in [6, 6.07) is 10.4. The number of benzene rings is 2. The zero-order valence-corrected chi connectivity index (χ0v) is 12.4. The molecule has 3 nitrogen and oxygen atoms in total. The van der Waals surface area contributed by atoms with E-state index >= 15 is 0 Å².